The highest BCUT2D eigenvalue weighted by atomic mass is 16.5. The van der Waals surface area contributed by atoms with Crippen LogP contribution in [0.25, 0.3) is 0 Å². The van der Waals surface area contributed by atoms with Crippen molar-refractivity contribution in [1.29, 1.82) is 0 Å². The van der Waals surface area contributed by atoms with Crippen LogP contribution in [0.2, 0.25) is 0 Å². The SMILES string of the molecule is COC(=O)c1ccc(NC(=O)COC(=O)[C@H]2CC(=O)N(NC(=O)c3ccccc3OC)C2)cc1. The molecular formula is C23H23N3O8. The summed E-state index contributed by atoms with van der Waals surface area (Å²) in [5.74, 6) is -3.35. The molecule has 3 amide bonds. The third kappa shape index (κ3) is 5.88. The van der Waals surface area contributed by atoms with Crippen molar-refractivity contribution >= 4 is 35.3 Å². The largest absolute Gasteiger partial charge is 0.496 e. The Morgan fingerprint density at radius 2 is 1.74 bits per heavy atom. The van der Waals surface area contributed by atoms with Crippen molar-refractivity contribution in [2.45, 2.75) is 6.42 Å². The molecule has 1 atom stereocenters. The molecule has 2 aromatic carbocycles. The molecule has 2 aromatic rings. The Morgan fingerprint density at radius 3 is 2.41 bits per heavy atom. The molecule has 0 spiro atoms. The summed E-state index contributed by atoms with van der Waals surface area (Å²) >= 11 is 0. The molecule has 11 nitrogen and oxygen atoms in total. The van der Waals surface area contributed by atoms with Gasteiger partial charge in [0.05, 0.1) is 37.8 Å². The standard InChI is InChI=1S/C23H23N3O8/c1-32-18-6-4-3-5-17(18)21(29)25-26-12-15(11-20(26)28)23(31)34-13-19(27)24-16-9-7-14(8-10-16)22(30)33-2/h3-10,15H,11-13H2,1-2H3,(H,24,27)(H,25,29)/t15-/m0/s1. The van der Waals surface area contributed by atoms with Crippen molar-refractivity contribution < 1.29 is 38.2 Å². The summed E-state index contributed by atoms with van der Waals surface area (Å²) in [5.41, 5.74) is 3.42. The molecule has 0 aliphatic carbocycles. The van der Waals surface area contributed by atoms with Gasteiger partial charge in [0, 0.05) is 12.1 Å². The molecule has 3 rings (SSSR count). The van der Waals surface area contributed by atoms with E-state index in [2.05, 4.69) is 15.5 Å². The van der Waals surface area contributed by atoms with E-state index in [0.29, 0.717) is 17.0 Å². The van der Waals surface area contributed by atoms with Crippen LogP contribution in [-0.2, 0) is 23.9 Å². The van der Waals surface area contributed by atoms with Crippen LogP contribution >= 0.6 is 0 Å². The summed E-state index contributed by atoms with van der Waals surface area (Å²) in [5, 5.41) is 3.58. The molecule has 34 heavy (non-hydrogen) atoms. The summed E-state index contributed by atoms with van der Waals surface area (Å²) in [7, 11) is 2.69. The summed E-state index contributed by atoms with van der Waals surface area (Å²) in [6.07, 6.45) is -0.165. The van der Waals surface area contributed by atoms with Crippen molar-refractivity contribution in [3.8, 4) is 5.75 Å². The van der Waals surface area contributed by atoms with E-state index in [1.165, 1.54) is 38.5 Å². The van der Waals surface area contributed by atoms with E-state index >= 15 is 0 Å². The van der Waals surface area contributed by atoms with E-state index in [1.54, 1.807) is 24.3 Å². The number of amides is 3. The van der Waals surface area contributed by atoms with Crippen LogP contribution in [0.15, 0.2) is 48.5 Å². The van der Waals surface area contributed by atoms with E-state index in [9.17, 15) is 24.0 Å². The minimum Gasteiger partial charge on any atom is -0.496 e. The summed E-state index contributed by atoms with van der Waals surface area (Å²) in [4.78, 5) is 60.6. The van der Waals surface area contributed by atoms with Crippen LogP contribution < -0.4 is 15.5 Å². The Bertz CT molecular complexity index is 1100. The van der Waals surface area contributed by atoms with Gasteiger partial charge in [-0.25, -0.2) is 4.79 Å². The molecule has 1 fully saturated rings. The third-order valence-electron chi connectivity index (χ3n) is 4.98. The zero-order chi connectivity index (χ0) is 24.7. The summed E-state index contributed by atoms with van der Waals surface area (Å²) in [6, 6.07) is 12.5. The highest BCUT2D eigenvalue weighted by Gasteiger charge is 2.37. The van der Waals surface area contributed by atoms with Crippen molar-refractivity contribution in [2.75, 3.05) is 32.7 Å². The first-order valence-electron chi connectivity index (χ1n) is 10.2. The number of hydrogen-bond donors (Lipinski definition) is 2. The number of para-hydroxylation sites is 1. The predicted molar refractivity (Wildman–Crippen MR) is 118 cm³/mol. The van der Waals surface area contributed by atoms with E-state index < -0.39 is 42.2 Å². The molecule has 0 radical (unpaired) electrons. The molecule has 11 heteroatoms. The number of carbonyl (C=O) groups excluding carboxylic acids is 5. The Hall–Kier alpha value is -4.41. The third-order valence-corrected chi connectivity index (χ3v) is 4.98. The lowest BCUT2D eigenvalue weighted by atomic mass is 10.1. The molecule has 0 aromatic heterocycles. The van der Waals surface area contributed by atoms with Crippen LogP contribution in [0.4, 0.5) is 5.69 Å². The molecule has 1 heterocycles. The van der Waals surface area contributed by atoms with Gasteiger partial charge < -0.3 is 19.5 Å². The van der Waals surface area contributed by atoms with Crippen LogP contribution in [0.3, 0.4) is 0 Å². The zero-order valence-corrected chi connectivity index (χ0v) is 18.5. The fraction of sp³-hybridized carbons (Fsp3) is 0.261. The quantitative estimate of drug-likeness (QED) is 0.549. The highest BCUT2D eigenvalue weighted by Crippen LogP contribution is 2.20. The Morgan fingerprint density at radius 1 is 1.03 bits per heavy atom. The fourth-order valence-corrected chi connectivity index (χ4v) is 3.25. The number of esters is 2. The van der Waals surface area contributed by atoms with E-state index in [-0.39, 0.29) is 18.5 Å². The van der Waals surface area contributed by atoms with E-state index in [1.807, 2.05) is 0 Å². The Labute approximate surface area is 194 Å². The van der Waals surface area contributed by atoms with Gasteiger partial charge in [-0.15, -0.1) is 0 Å². The first-order chi connectivity index (χ1) is 16.3. The van der Waals surface area contributed by atoms with Crippen molar-refractivity contribution in [3.05, 3.63) is 59.7 Å². The highest BCUT2D eigenvalue weighted by molar-refractivity contribution is 5.99. The van der Waals surface area contributed by atoms with Gasteiger partial charge >= 0.3 is 11.9 Å². The minimum absolute atomic E-state index is 0.0881. The van der Waals surface area contributed by atoms with Crippen LogP contribution in [0.5, 0.6) is 5.75 Å². The lowest BCUT2D eigenvalue weighted by Gasteiger charge is -2.18. The maximum absolute atomic E-state index is 12.5. The fourth-order valence-electron chi connectivity index (χ4n) is 3.25. The molecule has 0 saturated carbocycles. The number of rotatable bonds is 8. The second kappa shape index (κ2) is 10.9. The van der Waals surface area contributed by atoms with Crippen LogP contribution in [0.1, 0.15) is 27.1 Å². The minimum atomic E-state index is -0.836. The predicted octanol–water partition coefficient (Wildman–Crippen LogP) is 1.16. The van der Waals surface area contributed by atoms with Gasteiger partial charge in [0.25, 0.3) is 11.8 Å². The maximum Gasteiger partial charge on any atom is 0.337 e. The number of benzene rings is 2. The summed E-state index contributed by atoms with van der Waals surface area (Å²) in [6.45, 7) is -0.648. The Balaban J connectivity index is 1.48. The van der Waals surface area contributed by atoms with Crippen molar-refractivity contribution in [3.63, 3.8) is 0 Å². The number of hydrogen-bond acceptors (Lipinski definition) is 8. The topological polar surface area (TPSA) is 140 Å². The first kappa shape index (κ1) is 24.2. The van der Waals surface area contributed by atoms with Crippen LogP contribution in [-0.4, -0.2) is 62.0 Å². The lowest BCUT2D eigenvalue weighted by molar-refractivity contribution is -0.151. The second-order valence-corrected chi connectivity index (χ2v) is 7.27. The molecular weight excluding hydrogens is 446 g/mol. The molecule has 1 saturated heterocycles. The van der Waals surface area contributed by atoms with E-state index in [4.69, 9.17) is 9.47 Å². The van der Waals surface area contributed by atoms with Crippen LogP contribution in [0, 0.1) is 5.92 Å². The average Bonchev–Trinajstić information content (AvgIpc) is 3.22. The number of nitrogens with one attached hydrogen (secondary N) is 2. The number of nitrogens with zero attached hydrogens (tertiary/aromatic N) is 1. The molecule has 0 bridgehead atoms. The number of carbonyl (C=O) groups is 5. The van der Waals surface area contributed by atoms with Gasteiger partial charge in [-0.2, -0.15) is 0 Å². The first-order valence-corrected chi connectivity index (χ1v) is 10.2. The molecule has 178 valence electrons. The average molecular weight is 469 g/mol. The normalized spacial score (nSPS) is 14.8. The van der Waals surface area contributed by atoms with Gasteiger partial charge in [0.2, 0.25) is 5.91 Å². The smallest absolute Gasteiger partial charge is 0.337 e. The number of ether oxygens (including phenoxy) is 3. The second-order valence-electron chi connectivity index (χ2n) is 7.27. The molecule has 0 unspecified atom stereocenters. The van der Waals surface area contributed by atoms with E-state index in [0.717, 1.165) is 5.01 Å². The van der Waals surface area contributed by atoms with Gasteiger partial charge in [0.1, 0.15) is 5.75 Å². The zero-order valence-electron chi connectivity index (χ0n) is 18.5. The monoisotopic (exact) mass is 469 g/mol. The number of methoxy groups -OCH3 is 2. The van der Waals surface area contributed by atoms with Gasteiger partial charge in [-0.1, -0.05) is 12.1 Å². The summed E-state index contributed by atoms with van der Waals surface area (Å²) < 4.78 is 14.8. The molecule has 1 aliphatic heterocycles. The maximum atomic E-state index is 12.5. The van der Waals surface area contributed by atoms with Crippen molar-refractivity contribution in [1.82, 2.24) is 10.4 Å². The molecule has 2 N–H and O–H groups in total. The van der Waals surface area contributed by atoms with Crippen molar-refractivity contribution in [2.24, 2.45) is 5.92 Å². The molecule has 1 aliphatic rings. The Kier molecular flexibility index (Phi) is 7.80. The number of anilines is 1. The number of hydrazine groups is 1. The lowest BCUT2D eigenvalue weighted by Crippen LogP contribution is -2.43. The van der Waals surface area contributed by atoms with Gasteiger partial charge in [0.15, 0.2) is 6.61 Å². The van der Waals surface area contributed by atoms with Gasteiger partial charge in [-0.3, -0.25) is 29.6 Å². The van der Waals surface area contributed by atoms with Gasteiger partial charge in [-0.05, 0) is 36.4 Å².